The molecular weight excluding hydrogens is 271 g/mol. The smallest absolute Gasteiger partial charge is 0.123 e. The van der Waals surface area contributed by atoms with Gasteiger partial charge in [-0.25, -0.2) is 4.39 Å². The van der Waals surface area contributed by atoms with Crippen LogP contribution in [0.3, 0.4) is 0 Å². The lowest BCUT2D eigenvalue weighted by atomic mass is 9.93. The Kier molecular flexibility index (Phi) is 5.56. The van der Waals surface area contributed by atoms with Crippen molar-refractivity contribution >= 4 is 5.69 Å². The van der Waals surface area contributed by atoms with Crippen molar-refractivity contribution in [2.75, 3.05) is 38.3 Å². The van der Waals surface area contributed by atoms with E-state index in [1.165, 1.54) is 6.07 Å². The number of hydrogen-bond donors (Lipinski definition) is 2. The van der Waals surface area contributed by atoms with Gasteiger partial charge in [-0.3, -0.25) is 0 Å². The highest BCUT2D eigenvalue weighted by Crippen LogP contribution is 2.26. The van der Waals surface area contributed by atoms with E-state index in [0.717, 1.165) is 17.8 Å². The Morgan fingerprint density at radius 3 is 2.76 bits per heavy atom. The van der Waals surface area contributed by atoms with Crippen LogP contribution in [0.2, 0.25) is 0 Å². The predicted octanol–water partition coefficient (Wildman–Crippen LogP) is 1.91. The van der Waals surface area contributed by atoms with E-state index in [1.807, 2.05) is 18.9 Å². The van der Waals surface area contributed by atoms with Gasteiger partial charge in [-0.15, -0.1) is 0 Å². The summed E-state index contributed by atoms with van der Waals surface area (Å²) < 4.78 is 18.8. The van der Waals surface area contributed by atoms with E-state index in [-0.39, 0.29) is 5.82 Å². The van der Waals surface area contributed by atoms with Gasteiger partial charge in [0.15, 0.2) is 0 Å². The van der Waals surface area contributed by atoms with Crippen LogP contribution >= 0.6 is 0 Å². The Morgan fingerprint density at radius 1 is 1.38 bits per heavy atom. The van der Waals surface area contributed by atoms with Crippen LogP contribution in [-0.2, 0) is 11.3 Å². The number of ether oxygens (including phenoxy) is 1. The normalized spacial score (nSPS) is 17.7. The molecule has 1 fully saturated rings. The van der Waals surface area contributed by atoms with E-state index in [2.05, 4.69) is 5.32 Å². The number of halogens is 1. The number of likely N-dealkylation sites (N-methyl/N-ethyl adjacent to an activating group) is 1. The summed E-state index contributed by atoms with van der Waals surface area (Å²) in [5, 5.41) is 13.8. The fourth-order valence-electron chi connectivity index (χ4n) is 2.76. The van der Waals surface area contributed by atoms with Gasteiger partial charge in [-0.2, -0.15) is 0 Å². The van der Waals surface area contributed by atoms with E-state index in [0.29, 0.717) is 39.1 Å². The summed E-state index contributed by atoms with van der Waals surface area (Å²) in [6.45, 7) is 5.20. The second kappa shape index (κ2) is 7.20. The first kappa shape index (κ1) is 16.2. The van der Waals surface area contributed by atoms with Gasteiger partial charge >= 0.3 is 0 Å². The maximum absolute atomic E-state index is 13.5. The molecule has 5 heteroatoms. The van der Waals surface area contributed by atoms with Gasteiger partial charge in [0.2, 0.25) is 0 Å². The van der Waals surface area contributed by atoms with Crippen molar-refractivity contribution in [2.45, 2.75) is 31.9 Å². The lowest BCUT2D eigenvalue weighted by Gasteiger charge is -2.36. The van der Waals surface area contributed by atoms with Gasteiger partial charge in [0.05, 0.1) is 5.60 Å². The number of hydrogen-bond acceptors (Lipinski definition) is 4. The number of aliphatic hydroxyl groups is 1. The molecule has 0 atom stereocenters. The second-order valence-electron chi connectivity index (χ2n) is 5.75. The van der Waals surface area contributed by atoms with E-state index in [4.69, 9.17) is 4.74 Å². The average molecular weight is 296 g/mol. The maximum Gasteiger partial charge on any atom is 0.123 e. The van der Waals surface area contributed by atoms with Crippen LogP contribution < -0.4 is 10.2 Å². The molecule has 0 saturated carbocycles. The first-order valence-corrected chi connectivity index (χ1v) is 7.54. The quantitative estimate of drug-likeness (QED) is 0.842. The van der Waals surface area contributed by atoms with Crippen molar-refractivity contribution < 1.29 is 14.2 Å². The summed E-state index contributed by atoms with van der Waals surface area (Å²) in [6.07, 6.45) is 1.28. The lowest BCUT2D eigenvalue weighted by Crippen LogP contribution is -2.46. The molecule has 0 radical (unpaired) electrons. The summed E-state index contributed by atoms with van der Waals surface area (Å²) in [7, 11) is 1.94. The monoisotopic (exact) mass is 296 g/mol. The van der Waals surface area contributed by atoms with Crippen molar-refractivity contribution in [2.24, 2.45) is 0 Å². The average Bonchev–Trinajstić information content (AvgIpc) is 2.45. The molecule has 0 aliphatic carbocycles. The Hall–Kier alpha value is -1.17. The molecule has 0 amide bonds. The summed E-state index contributed by atoms with van der Waals surface area (Å²) in [6, 6.07) is 4.81. The summed E-state index contributed by atoms with van der Waals surface area (Å²) >= 11 is 0. The molecular formula is C16H25FN2O2. The van der Waals surface area contributed by atoms with Crippen LogP contribution in [0.1, 0.15) is 25.3 Å². The summed E-state index contributed by atoms with van der Waals surface area (Å²) in [4.78, 5) is 2.01. The molecule has 1 heterocycles. The van der Waals surface area contributed by atoms with Gasteiger partial charge < -0.3 is 20.1 Å². The minimum atomic E-state index is -0.725. The third kappa shape index (κ3) is 4.40. The van der Waals surface area contributed by atoms with Crippen molar-refractivity contribution in [3.05, 3.63) is 29.6 Å². The Labute approximate surface area is 125 Å². The second-order valence-corrected chi connectivity index (χ2v) is 5.75. The zero-order valence-electron chi connectivity index (χ0n) is 12.9. The Balaban J connectivity index is 2.11. The molecule has 1 aliphatic rings. The van der Waals surface area contributed by atoms with Gasteiger partial charge in [-0.1, -0.05) is 6.92 Å². The molecule has 2 N–H and O–H groups in total. The molecule has 21 heavy (non-hydrogen) atoms. The van der Waals surface area contributed by atoms with Gasteiger partial charge in [0, 0.05) is 51.9 Å². The molecule has 1 saturated heterocycles. The van der Waals surface area contributed by atoms with Crippen LogP contribution in [0.25, 0.3) is 0 Å². The van der Waals surface area contributed by atoms with Crippen LogP contribution in [0.15, 0.2) is 18.2 Å². The SMILES string of the molecule is CCNCc1cc(F)ccc1N(C)CC1(O)CCOCC1. The van der Waals surface area contributed by atoms with Crippen LogP contribution in [0.4, 0.5) is 10.1 Å². The van der Waals surface area contributed by atoms with Crippen molar-refractivity contribution in [1.82, 2.24) is 5.32 Å². The van der Waals surface area contributed by atoms with Crippen LogP contribution in [0, 0.1) is 5.82 Å². The predicted molar refractivity (Wildman–Crippen MR) is 82.1 cm³/mol. The molecule has 4 nitrogen and oxygen atoms in total. The zero-order chi connectivity index (χ0) is 15.3. The van der Waals surface area contributed by atoms with E-state index >= 15 is 0 Å². The molecule has 2 rings (SSSR count). The first-order chi connectivity index (χ1) is 10.0. The number of rotatable bonds is 6. The van der Waals surface area contributed by atoms with E-state index in [9.17, 15) is 9.50 Å². The van der Waals surface area contributed by atoms with Crippen LogP contribution in [-0.4, -0.2) is 44.1 Å². The number of nitrogens with one attached hydrogen (secondary N) is 1. The van der Waals surface area contributed by atoms with E-state index < -0.39 is 5.60 Å². The largest absolute Gasteiger partial charge is 0.388 e. The standard InChI is InChI=1S/C16H25FN2O2/c1-3-18-11-13-10-14(17)4-5-15(13)19(2)12-16(20)6-8-21-9-7-16/h4-5,10,18,20H,3,6-9,11-12H2,1-2H3. The lowest BCUT2D eigenvalue weighted by molar-refractivity contribution is -0.0572. The fraction of sp³-hybridized carbons (Fsp3) is 0.625. The first-order valence-electron chi connectivity index (χ1n) is 7.54. The Bertz CT molecular complexity index is 462. The molecule has 0 aromatic heterocycles. The molecule has 0 spiro atoms. The topological polar surface area (TPSA) is 44.7 Å². The van der Waals surface area contributed by atoms with Crippen LogP contribution in [0.5, 0.6) is 0 Å². The number of anilines is 1. The minimum absolute atomic E-state index is 0.232. The van der Waals surface area contributed by atoms with Gasteiger partial charge in [0.1, 0.15) is 5.82 Å². The number of nitrogens with zero attached hydrogens (tertiary/aromatic N) is 1. The van der Waals surface area contributed by atoms with Gasteiger partial charge in [-0.05, 0) is 30.3 Å². The summed E-state index contributed by atoms with van der Waals surface area (Å²) in [5.41, 5.74) is 1.14. The maximum atomic E-state index is 13.5. The molecule has 0 bridgehead atoms. The highest BCUT2D eigenvalue weighted by atomic mass is 19.1. The van der Waals surface area contributed by atoms with Crippen molar-refractivity contribution in [1.29, 1.82) is 0 Å². The highest BCUT2D eigenvalue weighted by Gasteiger charge is 2.31. The molecule has 118 valence electrons. The fourth-order valence-corrected chi connectivity index (χ4v) is 2.76. The highest BCUT2D eigenvalue weighted by molar-refractivity contribution is 5.53. The third-order valence-electron chi connectivity index (χ3n) is 3.97. The van der Waals surface area contributed by atoms with Crippen molar-refractivity contribution in [3.63, 3.8) is 0 Å². The minimum Gasteiger partial charge on any atom is -0.388 e. The van der Waals surface area contributed by atoms with E-state index in [1.54, 1.807) is 12.1 Å². The van der Waals surface area contributed by atoms with Crippen molar-refractivity contribution in [3.8, 4) is 0 Å². The third-order valence-corrected chi connectivity index (χ3v) is 3.97. The molecule has 1 aromatic carbocycles. The molecule has 1 aliphatic heterocycles. The molecule has 0 unspecified atom stereocenters. The molecule has 1 aromatic rings. The number of benzene rings is 1. The zero-order valence-corrected chi connectivity index (χ0v) is 12.9. The Morgan fingerprint density at radius 2 is 2.10 bits per heavy atom. The van der Waals surface area contributed by atoms with Gasteiger partial charge in [0.25, 0.3) is 0 Å². The summed E-state index contributed by atoms with van der Waals surface area (Å²) in [5.74, 6) is -0.232.